The fraction of sp³-hybridized carbons (Fsp3) is 0.294. The van der Waals surface area contributed by atoms with Gasteiger partial charge in [0.25, 0.3) is 0 Å². The van der Waals surface area contributed by atoms with E-state index in [1.165, 1.54) is 24.3 Å². The van der Waals surface area contributed by atoms with Gasteiger partial charge >= 0.3 is 259 Å². The van der Waals surface area contributed by atoms with Gasteiger partial charge in [0.05, 0.1) is 0 Å². The molecule has 7 rings (SSSR count). The van der Waals surface area contributed by atoms with Crippen LogP contribution in [0.3, 0.4) is 0 Å². The summed E-state index contributed by atoms with van der Waals surface area (Å²) in [5, 5.41) is 0. The van der Waals surface area contributed by atoms with E-state index in [9.17, 15) is 26.3 Å². The Morgan fingerprint density at radius 3 is 1.42 bits per heavy atom. The molecule has 0 bridgehead atoms. The molecule has 1 aliphatic heterocycles. The molecular formula is C34H26F6O2Zr. The van der Waals surface area contributed by atoms with Crippen LogP contribution in [0.25, 0.3) is 0 Å². The molecule has 2 aromatic rings. The van der Waals surface area contributed by atoms with Crippen LogP contribution in [0.1, 0.15) is 72.6 Å². The molecule has 0 N–H and O–H groups in total. The summed E-state index contributed by atoms with van der Waals surface area (Å²) in [6.45, 7) is 0. The van der Waals surface area contributed by atoms with Gasteiger partial charge in [0, 0.05) is 0 Å². The van der Waals surface area contributed by atoms with E-state index < -0.39 is 59.4 Å². The van der Waals surface area contributed by atoms with E-state index in [0.717, 1.165) is 71.3 Å². The zero-order chi connectivity index (χ0) is 29.9. The van der Waals surface area contributed by atoms with Gasteiger partial charge in [0.1, 0.15) is 0 Å². The van der Waals surface area contributed by atoms with Gasteiger partial charge in [0.2, 0.25) is 0 Å². The van der Waals surface area contributed by atoms with E-state index in [1.807, 2.05) is 0 Å². The molecular weight excluding hydrogens is 646 g/mol. The van der Waals surface area contributed by atoms with Crippen LogP contribution in [-0.2, 0) is 36.5 Å². The maximum atomic E-state index is 13.9. The topological polar surface area (TPSA) is 18.5 Å². The number of allylic oxidation sites excluding steroid dienone is 12. The van der Waals surface area contributed by atoms with E-state index in [0.29, 0.717) is 35.5 Å². The van der Waals surface area contributed by atoms with E-state index >= 15 is 0 Å². The van der Waals surface area contributed by atoms with Gasteiger partial charge in [-0.15, -0.1) is 0 Å². The van der Waals surface area contributed by atoms with Gasteiger partial charge in [-0.2, -0.15) is 0 Å². The van der Waals surface area contributed by atoms with Crippen molar-refractivity contribution in [2.24, 2.45) is 0 Å². The Hall–Kier alpha value is -3.06. The summed E-state index contributed by atoms with van der Waals surface area (Å²) < 4.78 is 95.8. The summed E-state index contributed by atoms with van der Waals surface area (Å²) >= 11 is -2.26. The molecule has 0 spiro atoms. The van der Waals surface area contributed by atoms with Crippen molar-refractivity contribution in [1.29, 1.82) is 0 Å². The summed E-state index contributed by atoms with van der Waals surface area (Å²) in [6, 6.07) is 7.14. The molecule has 2 unspecified atom stereocenters. The van der Waals surface area contributed by atoms with E-state index in [2.05, 4.69) is 36.5 Å². The number of rotatable bonds is 0. The predicted octanol–water partition coefficient (Wildman–Crippen LogP) is 10.2. The minimum absolute atomic E-state index is 0.329. The third-order valence-corrected chi connectivity index (χ3v) is 10.3. The molecule has 0 saturated carbocycles. The van der Waals surface area contributed by atoms with Crippen LogP contribution >= 0.6 is 0 Å². The SMILES string of the molecule is FC(F)(F)c1ccc2c(c1)C1C(=CC3=CCCC=C31)CCC1=CC3=CCCC=C3C1c1cc(C(F)(F)F)ccc1[O][Zr][O]2. The second-order valence-electron chi connectivity index (χ2n) is 11.4. The Morgan fingerprint density at radius 2 is 1.00 bits per heavy atom. The monoisotopic (exact) mass is 670 g/mol. The molecule has 9 heteroatoms. The molecule has 220 valence electrons. The fourth-order valence-electron chi connectivity index (χ4n) is 6.90. The summed E-state index contributed by atoms with van der Waals surface area (Å²) in [5.74, 6) is -0.139. The number of hydrogen-bond donors (Lipinski definition) is 0. The Labute approximate surface area is 258 Å². The number of halogens is 6. The Bertz CT molecular complexity index is 1560. The maximum absolute atomic E-state index is 13.9. The molecule has 2 aromatic carbocycles. The number of fused-ring (bicyclic) bond motifs is 10. The normalized spacial score (nSPS) is 23.0. The van der Waals surface area contributed by atoms with Gasteiger partial charge in [-0.1, -0.05) is 0 Å². The molecule has 0 radical (unpaired) electrons. The molecule has 2 nitrogen and oxygen atoms in total. The van der Waals surface area contributed by atoms with Crippen molar-refractivity contribution in [2.45, 2.75) is 62.7 Å². The van der Waals surface area contributed by atoms with Crippen LogP contribution in [0.15, 0.2) is 106 Å². The zero-order valence-corrected chi connectivity index (χ0v) is 25.4. The van der Waals surface area contributed by atoms with Crippen LogP contribution in [0.5, 0.6) is 11.5 Å². The third kappa shape index (κ3) is 5.32. The van der Waals surface area contributed by atoms with Gasteiger partial charge in [0.15, 0.2) is 0 Å². The summed E-state index contributed by atoms with van der Waals surface area (Å²) in [5.41, 5.74) is 5.39. The van der Waals surface area contributed by atoms with E-state index in [1.54, 1.807) is 0 Å². The van der Waals surface area contributed by atoms with Crippen molar-refractivity contribution in [2.75, 3.05) is 0 Å². The van der Waals surface area contributed by atoms with E-state index in [4.69, 9.17) is 5.63 Å². The summed E-state index contributed by atoms with van der Waals surface area (Å²) in [7, 11) is 0. The quantitative estimate of drug-likeness (QED) is 0.260. The van der Waals surface area contributed by atoms with E-state index in [-0.39, 0.29) is 0 Å². The summed E-state index contributed by atoms with van der Waals surface area (Å²) in [6.07, 6.45) is 8.02. The standard InChI is InChI=1S/C34H28F6O2.Zr/c35-33(36,37)23-11-13-29(41)27(17-23)31-21(15-19-5-1-3-7-25(19)31)9-10-22-16-20-6-2-4-8-26(20)32(22)28-18-24(34(38,39)40)12-14-30(28)42;/h5-8,11-18,31-32,41-42H,1-4,9-10H2;/q;+2/p-2. The second-order valence-corrected chi connectivity index (χ2v) is 12.8. The van der Waals surface area contributed by atoms with Crippen LogP contribution in [0, 0.1) is 0 Å². The Balaban J connectivity index is 1.38. The molecule has 0 amide bonds. The first-order chi connectivity index (χ1) is 20.6. The average molecular weight is 672 g/mol. The first kappa shape index (κ1) is 28.7. The van der Waals surface area contributed by atoms with Gasteiger partial charge < -0.3 is 0 Å². The molecule has 0 aromatic heterocycles. The molecule has 5 aliphatic rings. The van der Waals surface area contributed by atoms with Crippen LogP contribution < -0.4 is 5.63 Å². The minimum atomic E-state index is -4.52. The molecule has 2 atom stereocenters. The summed E-state index contributed by atoms with van der Waals surface area (Å²) in [4.78, 5) is 0. The first-order valence-corrected chi connectivity index (χ1v) is 16.3. The fourth-order valence-corrected chi connectivity index (χ4v) is 8.36. The van der Waals surface area contributed by atoms with Crippen molar-refractivity contribution in [3.63, 3.8) is 0 Å². The predicted molar refractivity (Wildman–Crippen MR) is 146 cm³/mol. The number of alkyl halides is 6. The Kier molecular flexibility index (Phi) is 7.23. The van der Waals surface area contributed by atoms with Gasteiger partial charge in [-0.05, 0) is 0 Å². The average Bonchev–Trinajstić information content (AvgIpc) is 3.53. The van der Waals surface area contributed by atoms with Crippen molar-refractivity contribution in [1.82, 2.24) is 0 Å². The van der Waals surface area contributed by atoms with Gasteiger partial charge in [-0.25, -0.2) is 0 Å². The van der Waals surface area contributed by atoms with Crippen molar-refractivity contribution >= 4 is 0 Å². The third-order valence-electron chi connectivity index (χ3n) is 8.80. The van der Waals surface area contributed by atoms with Crippen LogP contribution in [-0.4, -0.2) is 0 Å². The van der Waals surface area contributed by atoms with Crippen molar-refractivity contribution < 1.29 is 56.1 Å². The van der Waals surface area contributed by atoms with Gasteiger partial charge in [-0.3, -0.25) is 0 Å². The zero-order valence-electron chi connectivity index (χ0n) is 22.9. The molecule has 4 aliphatic carbocycles. The number of hydrogen-bond acceptors (Lipinski definition) is 2. The molecule has 0 saturated heterocycles. The van der Waals surface area contributed by atoms with Crippen molar-refractivity contribution in [3.8, 4) is 11.5 Å². The Morgan fingerprint density at radius 1 is 0.581 bits per heavy atom. The number of benzene rings is 2. The second kappa shape index (κ2) is 10.8. The van der Waals surface area contributed by atoms with Crippen LogP contribution in [0.2, 0.25) is 0 Å². The first-order valence-electron chi connectivity index (χ1n) is 14.3. The molecule has 43 heavy (non-hydrogen) atoms. The van der Waals surface area contributed by atoms with Crippen LogP contribution in [0.4, 0.5) is 26.3 Å². The molecule has 0 fully saturated rings. The van der Waals surface area contributed by atoms with Crippen molar-refractivity contribution in [3.05, 3.63) is 129 Å². The molecule has 1 heterocycles.